The largest absolute Gasteiger partial charge is 0.380 e. The molecule has 0 aliphatic heterocycles. The Bertz CT molecular complexity index is 931. The maximum atomic E-state index is 12.8. The number of pyridine rings is 1. The van der Waals surface area contributed by atoms with Crippen LogP contribution >= 0.6 is 0 Å². The molecule has 0 unspecified atom stereocenters. The van der Waals surface area contributed by atoms with Crippen molar-refractivity contribution in [3.63, 3.8) is 0 Å². The van der Waals surface area contributed by atoms with Crippen LogP contribution in [-0.2, 0) is 17.9 Å². The van der Waals surface area contributed by atoms with Crippen molar-refractivity contribution in [2.45, 2.75) is 40.0 Å². The molecule has 0 aliphatic carbocycles. The average molecular weight is 352 g/mol. The first kappa shape index (κ1) is 18.1. The lowest BCUT2D eigenvalue weighted by Gasteiger charge is -2.10. The summed E-state index contributed by atoms with van der Waals surface area (Å²) in [6, 6.07) is 9.99. The number of aryl methyl sites for hydroxylation is 1. The molecule has 1 amide bonds. The summed E-state index contributed by atoms with van der Waals surface area (Å²) < 4.78 is 7.00. The van der Waals surface area contributed by atoms with E-state index in [9.17, 15) is 4.79 Å². The van der Waals surface area contributed by atoms with Gasteiger partial charge in [-0.15, -0.1) is 0 Å². The van der Waals surface area contributed by atoms with Crippen LogP contribution in [0.1, 0.15) is 47.1 Å². The number of hydrogen-bond donors (Lipinski definition) is 1. The van der Waals surface area contributed by atoms with E-state index in [4.69, 9.17) is 4.74 Å². The van der Waals surface area contributed by atoms with Crippen molar-refractivity contribution in [3.05, 3.63) is 58.9 Å². The summed E-state index contributed by atoms with van der Waals surface area (Å²) in [7, 11) is 1.67. The highest BCUT2D eigenvalue weighted by Crippen LogP contribution is 2.21. The molecule has 2 aromatic heterocycles. The standard InChI is InChI=1S/C20H24N4O2/c1-13(2)24-19-18(11-22-24)17(8-14(3)23-19)20(25)21-10-15-6-5-7-16(9-15)12-26-4/h5-9,11,13H,10,12H2,1-4H3,(H,21,25). The Labute approximate surface area is 153 Å². The Morgan fingerprint density at radius 3 is 2.77 bits per heavy atom. The zero-order valence-corrected chi connectivity index (χ0v) is 15.6. The monoisotopic (exact) mass is 352 g/mol. The van der Waals surface area contributed by atoms with Crippen LogP contribution in [0.5, 0.6) is 0 Å². The van der Waals surface area contributed by atoms with Gasteiger partial charge in [-0.25, -0.2) is 9.67 Å². The van der Waals surface area contributed by atoms with Gasteiger partial charge in [-0.1, -0.05) is 24.3 Å². The maximum Gasteiger partial charge on any atom is 0.252 e. The summed E-state index contributed by atoms with van der Waals surface area (Å²) in [6.07, 6.45) is 1.72. The molecular formula is C20H24N4O2. The van der Waals surface area contributed by atoms with Gasteiger partial charge in [0.2, 0.25) is 0 Å². The summed E-state index contributed by atoms with van der Waals surface area (Å²) in [4.78, 5) is 17.3. The summed E-state index contributed by atoms with van der Waals surface area (Å²) in [5.74, 6) is -0.124. The van der Waals surface area contributed by atoms with Crippen molar-refractivity contribution in [2.24, 2.45) is 0 Å². The van der Waals surface area contributed by atoms with Gasteiger partial charge in [0.1, 0.15) is 0 Å². The fourth-order valence-electron chi connectivity index (χ4n) is 2.98. The lowest BCUT2D eigenvalue weighted by Crippen LogP contribution is -2.23. The topological polar surface area (TPSA) is 69.0 Å². The fraction of sp³-hybridized carbons (Fsp3) is 0.350. The van der Waals surface area contributed by atoms with E-state index in [1.807, 2.05) is 55.8 Å². The molecule has 2 heterocycles. The number of fused-ring (bicyclic) bond motifs is 1. The number of rotatable bonds is 6. The van der Waals surface area contributed by atoms with Crippen LogP contribution < -0.4 is 5.32 Å². The molecule has 6 nitrogen and oxygen atoms in total. The van der Waals surface area contributed by atoms with Crippen molar-refractivity contribution in [3.8, 4) is 0 Å². The zero-order valence-electron chi connectivity index (χ0n) is 15.6. The molecule has 0 bridgehead atoms. The third-order valence-corrected chi connectivity index (χ3v) is 4.18. The van der Waals surface area contributed by atoms with Crippen molar-refractivity contribution in [2.75, 3.05) is 7.11 Å². The van der Waals surface area contributed by atoms with E-state index in [1.54, 1.807) is 13.3 Å². The number of carbonyl (C=O) groups excluding carboxylic acids is 1. The van der Waals surface area contributed by atoms with Gasteiger partial charge in [-0.3, -0.25) is 4.79 Å². The SMILES string of the molecule is COCc1cccc(CNC(=O)c2cc(C)nc3c2cnn3C(C)C)c1. The van der Waals surface area contributed by atoms with Gasteiger partial charge in [-0.05, 0) is 38.0 Å². The van der Waals surface area contributed by atoms with Crippen molar-refractivity contribution in [1.29, 1.82) is 0 Å². The third-order valence-electron chi connectivity index (χ3n) is 4.18. The number of nitrogens with zero attached hydrogens (tertiary/aromatic N) is 3. The van der Waals surface area contributed by atoms with E-state index < -0.39 is 0 Å². The molecule has 0 atom stereocenters. The van der Waals surface area contributed by atoms with Crippen LogP contribution in [0.2, 0.25) is 0 Å². The number of ether oxygens (including phenoxy) is 1. The first-order chi connectivity index (χ1) is 12.5. The van der Waals surface area contributed by atoms with Gasteiger partial charge in [0.05, 0.1) is 23.8 Å². The first-order valence-electron chi connectivity index (χ1n) is 8.69. The number of methoxy groups -OCH3 is 1. The number of amides is 1. The van der Waals surface area contributed by atoms with E-state index in [0.717, 1.165) is 27.9 Å². The number of nitrogens with one attached hydrogen (secondary N) is 1. The van der Waals surface area contributed by atoms with Crippen LogP contribution in [0.25, 0.3) is 11.0 Å². The highest BCUT2D eigenvalue weighted by Gasteiger charge is 2.16. The minimum absolute atomic E-state index is 0.124. The Morgan fingerprint density at radius 1 is 1.27 bits per heavy atom. The van der Waals surface area contributed by atoms with Crippen LogP contribution in [0.3, 0.4) is 0 Å². The van der Waals surface area contributed by atoms with Gasteiger partial charge < -0.3 is 10.1 Å². The molecule has 6 heteroatoms. The highest BCUT2D eigenvalue weighted by molar-refractivity contribution is 6.05. The van der Waals surface area contributed by atoms with E-state index >= 15 is 0 Å². The van der Waals surface area contributed by atoms with Crippen LogP contribution in [0, 0.1) is 6.92 Å². The molecule has 0 saturated heterocycles. The molecule has 1 N–H and O–H groups in total. The second-order valence-electron chi connectivity index (χ2n) is 6.67. The molecule has 1 aromatic carbocycles. The minimum atomic E-state index is -0.124. The second kappa shape index (κ2) is 7.66. The molecule has 3 rings (SSSR count). The summed E-state index contributed by atoms with van der Waals surface area (Å²) in [6.45, 7) is 6.99. The highest BCUT2D eigenvalue weighted by atomic mass is 16.5. The summed E-state index contributed by atoms with van der Waals surface area (Å²) >= 11 is 0. The van der Waals surface area contributed by atoms with Crippen molar-refractivity contribution < 1.29 is 9.53 Å². The molecular weight excluding hydrogens is 328 g/mol. The first-order valence-corrected chi connectivity index (χ1v) is 8.69. The molecule has 0 saturated carbocycles. The Balaban J connectivity index is 1.83. The molecule has 3 aromatic rings. The predicted octanol–water partition coefficient (Wildman–Crippen LogP) is 3.40. The van der Waals surface area contributed by atoms with Gasteiger partial charge in [-0.2, -0.15) is 5.10 Å². The van der Waals surface area contributed by atoms with Crippen LogP contribution in [0.4, 0.5) is 0 Å². The summed E-state index contributed by atoms with van der Waals surface area (Å²) in [5, 5.41) is 8.16. The fourth-order valence-corrected chi connectivity index (χ4v) is 2.98. The molecule has 136 valence electrons. The van der Waals surface area contributed by atoms with Crippen LogP contribution in [0.15, 0.2) is 36.5 Å². The average Bonchev–Trinajstić information content (AvgIpc) is 3.03. The number of aromatic nitrogens is 3. The third kappa shape index (κ3) is 3.75. The van der Waals surface area contributed by atoms with Gasteiger partial charge in [0.25, 0.3) is 5.91 Å². The Hall–Kier alpha value is -2.73. The van der Waals surface area contributed by atoms with E-state index in [2.05, 4.69) is 15.4 Å². The quantitative estimate of drug-likeness (QED) is 0.738. The summed E-state index contributed by atoms with van der Waals surface area (Å²) in [5.41, 5.74) is 4.26. The Kier molecular flexibility index (Phi) is 5.32. The number of benzene rings is 1. The van der Waals surface area contributed by atoms with Gasteiger partial charge in [0, 0.05) is 25.4 Å². The van der Waals surface area contributed by atoms with E-state index in [-0.39, 0.29) is 11.9 Å². The lowest BCUT2D eigenvalue weighted by atomic mass is 10.1. The molecule has 0 spiro atoms. The molecule has 0 aliphatic rings. The van der Waals surface area contributed by atoms with Crippen molar-refractivity contribution in [1.82, 2.24) is 20.1 Å². The number of hydrogen-bond acceptors (Lipinski definition) is 4. The van der Waals surface area contributed by atoms with Gasteiger partial charge >= 0.3 is 0 Å². The van der Waals surface area contributed by atoms with Gasteiger partial charge in [0.15, 0.2) is 5.65 Å². The maximum absolute atomic E-state index is 12.8. The number of carbonyl (C=O) groups is 1. The predicted molar refractivity (Wildman–Crippen MR) is 101 cm³/mol. The normalized spacial score (nSPS) is 11.3. The smallest absolute Gasteiger partial charge is 0.252 e. The lowest BCUT2D eigenvalue weighted by molar-refractivity contribution is 0.0952. The zero-order chi connectivity index (χ0) is 18.7. The minimum Gasteiger partial charge on any atom is -0.380 e. The van der Waals surface area contributed by atoms with Crippen LogP contribution in [-0.4, -0.2) is 27.8 Å². The van der Waals surface area contributed by atoms with Crippen molar-refractivity contribution >= 4 is 16.9 Å². The molecule has 0 fully saturated rings. The molecule has 0 radical (unpaired) electrons. The van der Waals surface area contributed by atoms with E-state index in [0.29, 0.717) is 18.7 Å². The second-order valence-corrected chi connectivity index (χ2v) is 6.67. The van der Waals surface area contributed by atoms with E-state index in [1.165, 1.54) is 0 Å². The Morgan fingerprint density at radius 2 is 2.04 bits per heavy atom. The molecule has 26 heavy (non-hydrogen) atoms.